The summed E-state index contributed by atoms with van der Waals surface area (Å²) in [5.74, 6) is 0.853. The molecule has 0 atom stereocenters. The van der Waals surface area contributed by atoms with Crippen LogP contribution in [0.2, 0.25) is 0 Å². The van der Waals surface area contributed by atoms with Gasteiger partial charge < -0.3 is 4.74 Å². The van der Waals surface area contributed by atoms with Crippen LogP contribution < -0.4 is 0 Å². The average Bonchev–Trinajstić information content (AvgIpc) is 2.18. The highest BCUT2D eigenvalue weighted by Gasteiger charge is 2.04. The third-order valence-electron chi connectivity index (χ3n) is 1.60. The molecule has 0 fully saturated rings. The van der Waals surface area contributed by atoms with Crippen molar-refractivity contribution >= 4 is 11.6 Å². The zero-order chi connectivity index (χ0) is 8.10. The van der Waals surface area contributed by atoms with Crippen LogP contribution in [0, 0.1) is 0 Å². The van der Waals surface area contributed by atoms with E-state index in [1.54, 1.807) is 0 Å². The van der Waals surface area contributed by atoms with Crippen molar-refractivity contribution in [2.45, 2.75) is 26.2 Å². The van der Waals surface area contributed by atoms with Gasteiger partial charge in [0.2, 0.25) is 0 Å². The van der Waals surface area contributed by atoms with Crippen LogP contribution in [0.3, 0.4) is 0 Å². The average molecular weight is 173 g/mol. The van der Waals surface area contributed by atoms with Gasteiger partial charge >= 0.3 is 0 Å². The van der Waals surface area contributed by atoms with Crippen LogP contribution in [-0.2, 0) is 4.74 Å². The number of halogens is 1. The Kier molecular flexibility index (Phi) is 3.50. The van der Waals surface area contributed by atoms with Crippen LogP contribution in [-0.4, -0.2) is 6.61 Å². The molecule has 0 saturated heterocycles. The molecule has 0 N–H and O–H groups in total. The second-order valence-electron chi connectivity index (χ2n) is 2.48. The van der Waals surface area contributed by atoms with Crippen molar-refractivity contribution in [2.24, 2.45) is 0 Å². The van der Waals surface area contributed by atoms with Gasteiger partial charge in [-0.25, -0.2) is 0 Å². The first kappa shape index (κ1) is 8.66. The fraction of sp³-hybridized carbons (Fsp3) is 0.556. The summed E-state index contributed by atoms with van der Waals surface area (Å²) in [7, 11) is 0. The molecule has 1 aliphatic carbocycles. The molecule has 0 bridgehead atoms. The van der Waals surface area contributed by atoms with Crippen molar-refractivity contribution in [3.05, 3.63) is 22.9 Å². The molecule has 0 aliphatic heterocycles. The molecule has 1 nitrogen and oxygen atoms in total. The Morgan fingerprint density at radius 2 is 2.18 bits per heavy atom. The zero-order valence-electron chi connectivity index (χ0n) is 6.77. The van der Waals surface area contributed by atoms with E-state index < -0.39 is 0 Å². The second kappa shape index (κ2) is 4.45. The molecule has 0 heterocycles. The summed E-state index contributed by atoms with van der Waals surface area (Å²) in [5.41, 5.74) is 0. The van der Waals surface area contributed by atoms with Gasteiger partial charge in [0.1, 0.15) is 5.76 Å². The fourth-order valence-electron chi connectivity index (χ4n) is 1.06. The quantitative estimate of drug-likeness (QED) is 0.622. The van der Waals surface area contributed by atoms with Crippen LogP contribution in [0.25, 0.3) is 0 Å². The highest BCUT2D eigenvalue weighted by molar-refractivity contribution is 6.31. The summed E-state index contributed by atoms with van der Waals surface area (Å²) in [6, 6.07) is 0. The SMILES string of the molecule is CCOC1=CCCCC=C1Cl. The van der Waals surface area contributed by atoms with E-state index >= 15 is 0 Å². The van der Waals surface area contributed by atoms with E-state index in [0.717, 1.165) is 23.6 Å². The maximum Gasteiger partial charge on any atom is 0.133 e. The third-order valence-corrected chi connectivity index (χ3v) is 1.94. The van der Waals surface area contributed by atoms with Gasteiger partial charge in [-0.1, -0.05) is 17.7 Å². The molecule has 0 unspecified atom stereocenters. The normalized spacial score (nSPS) is 18.4. The Bertz CT molecular complexity index is 182. The van der Waals surface area contributed by atoms with Gasteiger partial charge in [-0.15, -0.1) is 0 Å². The molecule has 62 valence electrons. The lowest BCUT2D eigenvalue weighted by Crippen LogP contribution is -1.90. The van der Waals surface area contributed by atoms with E-state index in [9.17, 15) is 0 Å². The summed E-state index contributed by atoms with van der Waals surface area (Å²) in [6.45, 7) is 2.66. The first-order chi connectivity index (χ1) is 5.34. The minimum absolute atomic E-state index is 0.690. The minimum atomic E-state index is 0.690. The van der Waals surface area contributed by atoms with Crippen molar-refractivity contribution in [3.8, 4) is 0 Å². The van der Waals surface area contributed by atoms with Crippen molar-refractivity contribution in [1.82, 2.24) is 0 Å². The third kappa shape index (κ3) is 2.58. The standard InChI is InChI=1S/C9H13ClO/c1-2-11-9-7-5-3-4-6-8(9)10/h6-7H,2-5H2,1H3. The first-order valence-electron chi connectivity index (χ1n) is 4.03. The number of ether oxygens (including phenoxy) is 1. The second-order valence-corrected chi connectivity index (χ2v) is 2.89. The van der Waals surface area contributed by atoms with Crippen molar-refractivity contribution in [2.75, 3.05) is 6.61 Å². The van der Waals surface area contributed by atoms with Gasteiger partial charge in [0, 0.05) is 0 Å². The van der Waals surface area contributed by atoms with Crippen molar-refractivity contribution in [1.29, 1.82) is 0 Å². The zero-order valence-corrected chi connectivity index (χ0v) is 7.53. The van der Waals surface area contributed by atoms with Crippen LogP contribution in [0.1, 0.15) is 26.2 Å². The van der Waals surface area contributed by atoms with Crippen LogP contribution in [0.4, 0.5) is 0 Å². The van der Waals surface area contributed by atoms with Crippen LogP contribution in [0.5, 0.6) is 0 Å². The Morgan fingerprint density at radius 1 is 1.45 bits per heavy atom. The van der Waals surface area contributed by atoms with E-state index in [-0.39, 0.29) is 0 Å². The molecule has 1 rings (SSSR count). The smallest absolute Gasteiger partial charge is 0.133 e. The van der Waals surface area contributed by atoms with Crippen LogP contribution >= 0.6 is 11.6 Å². The molecule has 11 heavy (non-hydrogen) atoms. The molecule has 2 heteroatoms. The number of hydrogen-bond acceptors (Lipinski definition) is 1. The summed E-state index contributed by atoms with van der Waals surface area (Å²) < 4.78 is 5.34. The predicted molar refractivity (Wildman–Crippen MR) is 47.5 cm³/mol. The summed E-state index contributed by atoms with van der Waals surface area (Å²) in [4.78, 5) is 0. The Balaban J connectivity index is 2.62. The topological polar surface area (TPSA) is 9.23 Å². The maximum atomic E-state index is 5.93. The molecule has 0 aromatic heterocycles. The van der Waals surface area contributed by atoms with E-state index in [0.29, 0.717) is 6.61 Å². The Hall–Kier alpha value is -0.430. The maximum absolute atomic E-state index is 5.93. The lowest BCUT2D eigenvalue weighted by atomic mass is 10.2. The molecular weight excluding hydrogens is 160 g/mol. The summed E-state index contributed by atoms with van der Waals surface area (Å²) in [6.07, 6.45) is 7.39. The number of allylic oxidation sites excluding steroid dienone is 3. The van der Waals surface area contributed by atoms with Gasteiger partial charge in [0.15, 0.2) is 0 Å². The van der Waals surface area contributed by atoms with Gasteiger partial charge in [-0.05, 0) is 32.3 Å². The Morgan fingerprint density at radius 3 is 2.91 bits per heavy atom. The molecule has 0 spiro atoms. The van der Waals surface area contributed by atoms with E-state index in [2.05, 4.69) is 6.08 Å². The molecule has 0 amide bonds. The predicted octanol–water partition coefficient (Wildman–Crippen LogP) is 3.21. The number of hydrogen-bond donors (Lipinski definition) is 0. The lowest BCUT2D eigenvalue weighted by molar-refractivity contribution is 0.240. The largest absolute Gasteiger partial charge is 0.493 e. The van der Waals surface area contributed by atoms with E-state index in [4.69, 9.17) is 16.3 Å². The van der Waals surface area contributed by atoms with Gasteiger partial charge in [0.05, 0.1) is 11.6 Å². The van der Waals surface area contributed by atoms with Crippen LogP contribution in [0.15, 0.2) is 22.9 Å². The highest BCUT2D eigenvalue weighted by atomic mass is 35.5. The molecule has 0 saturated carbocycles. The monoisotopic (exact) mass is 172 g/mol. The van der Waals surface area contributed by atoms with Crippen molar-refractivity contribution < 1.29 is 4.74 Å². The van der Waals surface area contributed by atoms with Crippen molar-refractivity contribution in [3.63, 3.8) is 0 Å². The fourth-order valence-corrected chi connectivity index (χ4v) is 1.30. The van der Waals surface area contributed by atoms with E-state index in [1.807, 2.05) is 13.0 Å². The molecule has 0 aromatic carbocycles. The number of rotatable bonds is 2. The Labute approximate surface area is 72.7 Å². The lowest BCUT2D eigenvalue weighted by Gasteiger charge is -2.04. The first-order valence-corrected chi connectivity index (χ1v) is 4.41. The highest BCUT2D eigenvalue weighted by Crippen LogP contribution is 2.21. The van der Waals surface area contributed by atoms with Gasteiger partial charge in [0.25, 0.3) is 0 Å². The molecular formula is C9H13ClO. The molecule has 1 aliphatic rings. The molecule has 0 radical (unpaired) electrons. The minimum Gasteiger partial charge on any atom is -0.493 e. The summed E-state index contributed by atoms with van der Waals surface area (Å²) in [5, 5.41) is 0.768. The molecule has 0 aromatic rings. The van der Waals surface area contributed by atoms with E-state index in [1.165, 1.54) is 6.42 Å². The summed E-state index contributed by atoms with van der Waals surface area (Å²) >= 11 is 5.93. The van der Waals surface area contributed by atoms with Gasteiger partial charge in [-0.2, -0.15) is 0 Å². The van der Waals surface area contributed by atoms with Gasteiger partial charge in [-0.3, -0.25) is 0 Å².